The van der Waals surface area contributed by atoms with Crippen molar-refractivity contribution in [1.29, 1.82) is 0 Å². The molecular weight excluding hydrogens is 364 g/mol. The molecule has 1 aromatic heterocycles. The molecule has 0 saturated carbocycles. The van der Waals surface area contributed by atoms with Crippen LogP contribution in [0.25, 0.3) is 0 Å². The number of aryl methyl sites for hydroxylation is 1. The summed E-state index contributed by atoms with van der Waals surface area (Å²) in [6.07, 6.45) is -2.22. The van der Waals surface area contributed by atoms with Crippen LogP contribution in [-0.4, -0.2) is 28.9 Å². The van der Waals surface area contributed by atoms with Crippen molar-refractivity contribution in [2.24, 2.45) is 0 Å². The molecule has 0 aromatic carbocycles. The fourth-order valence-electron chi connectivity index (χ4n) is 1.40. The van der Waals surface area contributed by atoms with Crippen molar-refractivity contribution in [2.75, 3.05) is 6.61 Å². The molecule has 3 nitrogen and oxygen atoms in total. The first-order valence-corrected chi connectivity index (χ1v) is 6.99. The lowest BCUT2D eigenvalue weighted by Gasteiger charge is -2.15. The Morgan fingerprint density at radius 2 is 2.10 bits per heavy atom. The molecule has 20 heavy (non-hydrogen) atoms. The van der Waals surface area contributed by atoms with Gasteiger partial charge in [0, 0.05) is 5.69 Å². The lowest BCUT2D eigenvalue weighted by Crippen LogP contribution is -2.32. The number of alkyl halides is 4. The van der Waals surface area contributed by atoms with E-state index in [2.05, 4.69) is 30.6 Å². The third-order valence-electron chi connectivity index (χ3n) is 2.34. The first-order valence-electron chi connectivity index (χ1n) is 5.79. The Bertz CT molecular complexity index is 510. The number of aromatic amines is 1. The molecule has 0 atom stereocenters. The first-order chi connectivity index (χ1) is 9.27. The Hall–Kier alpha value is -0.540. The molecule has 1 N–H and O–H groups in total. The molecule has 1 aromatic rings. The minimum Gasteiger partial charge on any atom is -0.367 e. The van der Waals surface area contributed by atoms with Gasteiger partial charge in [0.2, 0.25) is 0 Å². The van der Waals surface area contributed by atoms with Gasteiger partial charge in [-0.05, 0) is 22.4 Å². The summed E-state index contributed by atoms with van der Waals surface area (Å²) in [7, 11) is 0. The van der Waals surface area contributed by atoms with Crippen LogP contribution >= 0.6 is 28.1 Å². The van der Waals surface area contributed by atoms with Gasteiger partial charge in [-0.3, -0.25) is 0 Å². The van der Waals surface area contributed by atoms with Gasteiger partial charge in [-0.1, -0.05) is 25.6 Å². The lowest BCUT2D eigenvalue weighted by molar-refractivity contribution is -0.168. The number of nitrogens with zero attached hydrogens (tertiary/aromatic N) is 1. The van der Waals surface area contributed by atoms with Crippen LogP contribution in [0.3, 0.4) is 0 Å². The summed E-state index contributed by atoms with van der Waals surface area (Å²) in [5, 5.41) is 0. The molecule has 1 rings (SSSR count). The molecule has 1 heterocycles. The van der Waals surface area contributed by atoms with E-state index >= 15 is 0 Å². The average molecular weight is 377 g/mol. The van der Waals surface area contributed by atoms with Gasteiger partial charge in [-0.15, -0.1) is 0 Å². The van der Waals surface area contributed by atoms with Gasteiger partial charge in [0.15, 0.2) is 0 Å². The van der Waals surface area contributed by atoms with Crippen molar-refractivity contribution in [3.8, 4) is 0 Å². The Balaban J connectivity index is 2.72. The van der Waals surface area contributed by atoms with E-state index in [4.69, 9.17) is 12.2 Å². The highest BCUT2D eigenvalue weighted by Gasteiger charge is 2.40. The van der Waals surface area contributed by atoms with Crippen molar-refractivity contribution in [1.82, 2.24) is 9.97 Å². The van der Waals surface area contributed by atoms with Crippen molar-refractivity contribution in [3.63, 3.8) is 0 Å². The molecule has 9 heteroatoms. The van der Waals surface area contributed by atoms with Gasteiger partial charge in [0.1, 0.15) is 23.7 Å². The first kappa shape index (κ1) is 17.5. The number of halogens is 5. The molecule has 0 radical (unpaired) electrons. The molecule has 0 saturated heterocycles. The summed E-state index contributed by atoms with van der Waals surface area (Å²) in [6.45, 7) is 0.255. The predicted octanol–water partition coefficient (Wildman–Crippen LogP) is 4.27. The number of rotatable bonds is 7. The summed E-state index contributed by atoms with van der Waals surface area (Å²) in [5.74, 6) is -3.94. The third kappa shape index (κ3) is 4.78. The van der Waals surface area contributed by atoms with Gasteiger partial charge in [0.25, 0.3) is 0 Å². The number of hydrogen-bond donors (Lipinski definition) is 1. The molecule has 114 valence electrons. The molecule has 0 aliphatic rings. The number of nitrogens with one attached hydrogen (secondary N) is 1. The Morgan fingerprint density at radius 3 is 2.65 bits per heavy atom. The van der Waals surface area contributed by atoms with Gasteiger partial charge in [-0.25, -0.2) is 13.8 Å². The molecule has 0 aliphatic carbocycles. The summed E-state index contributed by atoms with van der Waals surface area (Å²) in [4.78, 5) is 6.82. The van der Waals surface area contributed by atoms with Crippen LogP contribution in [-0.2, 0) is 17.8 Å². The molecule has 0 unspecified atom stereocenters. The fourth-order valence-corrected chi connectivity index (χ4v) is 2.01. The summed E-state index contributed by atoms with van der Waals surface area (Å²) >= 11 is 8.28. The van der Waals surface area contributed by atoms with E-state index in [1.165, 1.54) is 0 Å². The maximum absolute atomic E-state index is 12.7. The van der Waals surface area contributed by atoms with Crippen molar-refractivity contribution < 1.29 is 22.3 Å². The van der Waals surface area contributed by atoms with E-state index in [1.54, 1.807) is 0 Å². The minimum absolute atomic E-state index is 0.228. The summed E-state index contributed by atoms with van der Waals surface area (Å²) < 4.78 is 54.7. The monoisotopic (exact) mass is 376 g/mol. The number of aromatic nitrogens is 2. The van der Waals surface area contributed by atoms with E-state index in [-0.39, 0.29) is 17.1 Å². The molecular formula is C11H13BrF4N2OS. The van der Waals surface area contributed by atoms with E-state index < -0.39 is 19.0 Å². The highest BCUT2D eigenvalue weighted by Crippen LogP contribution is 2.23. The van der Waals surface area contributed by atoms with Gasteiger partial charge >= 0.3 is 12.3 Å². The Morgan fingerprint density at radius 1 is 1.45 bits per heavy atom. The fraction of sp³-hybridized carbons (Fsp3) is 0.636. The molecule has 0 amide bonds. The zero-order valence-corrected chi connectivity index (χ0v) is 13.0. The minimum atomic E-state index is -4.17. The number of hydrogen-bond acceptors (Lipinski definition) is 3. The van der Waals surface area contributed by atoms with Crippen LogP contribution < -0.4 is 0 Å². The normalized spacial score (nSPS) is 12.2. The second-order valence-electron chi connectivity index (χ2n) is 4.09. The van der Waals surface area contributed by atoms with Crippen molar-refractivity contribution in [2.45, 2.75) is 38.7 Å². The topological polar surface area (TPSA) is 37.9 Å². The van der Waals surface area contributed by atoms with Crippen molar-refractivity contribution >= 4 is 28.1 Å². The lowest BCUT2D eigenvalue weighted by atomic mass is 10.2. The quantitative estimate of drug-likeness (QED) is 0.570. The van der Waals surface area contributed by atoms with E-state index in [0.29, 0.717) is 10.9 Å². The average Bonchev–Trinajstić information content (AvgIpc) is 2.35. The molecule has 0 fully saturated rings. The van der Waals surface area contributed by atoms with Crippen LogP contribution in [0.1, 0.15) is 24.9 Å². The maximum Gasteiger partial charge on any atom is 0.330 e. The van der Waals surface area contributed by atoms with Gasteiger partial charge in [0.05, 0.1) is 4.47 Å². The van der Waals surface area contributed by atoms with Crippen LogP contribution in [0.15, 0.2) is 4.47 Å². The second kappa shape index (κ2) is 7.46. The molecule has 0 spiro atoms. The third-order valence-corrected chi connectivity index (χ3v) is 3.75. The zero-order valence-electron chi connectivity index (χ0n) is 10.6. The Labute approximate surface area is 126 Å². The van der Waals surface area contributed by atoms with Crippen LogP contribution in [0.4, 0.5) is 17.6 Å². The standard InChI is InChI=1S/C11H13BrF4N2OS/c1-2-3-6-8(12)9(20)18-7(17-6)4-19-5-11(15,16)10(13)14/h10H,2-5H2,1H3,(H,17,18,20). The smallest absolute Gasteiger partial charge is 0.330 e. The van der Waals surface area contributed by atoms with E-state index in [0.717, 1.165) is 12.1 Å². The predicted molar refractivity (Wildman–Crippen MR) is 71.7 cm³/mol. The van der Waals surface area contributed by atoms with Crippen molar-refractivity contribution in [3.05, 3.63) is 20.6 Å². The van der Waals surface area contributed by atoms with Crippen LogP contribution in [0.5, 0.6) is 0 Å². The zero-order chi connectivity index (χ0) is 15.3. The summed E-state index contributed by atoms with van der Waals surface area (Å²) in [5.41, 5.74) is 0.770. The molecule has 0 bridgehead atoms. The largest absolute Gasteiger partial charge is 0.367 e. The summed E-state index contributed by atoms with van der Waals surface area (Å²) in [6, 6.07) is 0. The van der Waals surface area contributed by atoms with E-state index in [9.17, 15) is 17.6 Å². The SMILES string of the molecule is CCCc1[nH]c(COCC(F)(F)C(F)F)nc(=S)c1Br. The van der Waals surface area contributed by atoms with Gasteiger partial charge < -0.3 is 9.72 Å². The van der Waals surface area contributed by atoms with Gasteiger partial charge in [-0.2, -0.15) is 8.78 Å². The van der Waals surface area contributed by atoms with Crippen LogP contribution in [0, 0.1) is 4.64 Å². The Kier molecular flexibility index (Phi) is 6.53. The maximum atomic E-state index is 12.7. The second-order valence-corrected chi connectivity index (χ2v) is 5.27. The number of ether oxygens (including phenoxy) is 1. The van der Waals surface area contributed by atoms with Crippen LogP contribution in [0.2, 0.25) is 0 Å². The molecule has 0 aliphatic heterocycles. The highest BCUT2D eigenvalue weighted by atomic mass is 79.9. The van der Waals surface area contributed by atoms with E-state index in [1.807, 2.05) is 6.92 Å². The highest BCUT2D eigenvalue weighted by molar-refractivity contribution is 9.10. The number of H-pyrrole nitrogens is 1.